The molecule has 0 unspecified atom stereocenters. The molecule has 4 rings (SSSR count). The predicted octanol–water partition coefficient (Wildman–Crippen LogP) is 5.15. The molecule has 0 bridgehead atoms. The summed E-state index contributed by atoms with van der Waals surface area (Å²) in [7, 11) is 3.39. The number of aryl methyl sites for hydroxylation is 1. The summed E-state index contributed by atoms with van der Waals surface area (Å²) in [6.07, 6.45) is 0. The smallest absolute Gasteiger partial charge is 0.289 e. The Morgan fingerprint density at radius 3 is 2.79 bits per heavy atom. The molecular formula is C22H20N2O3S. The predicted molar refractivity (Wildman–Crippen MR) is 111 cm³/mol. The number of aromatic nitrogens is 1. The second kappa shape index (κ2) is 7.48. The largest absolute Gasteiger partial charge is 0.496 e. The van der Waals surface area contributed by atoms with Gasteiger partial charge < -0.3 is 14.1 Å². The van der Waals surface area contributed by atoms with Crippen molar-refractivity contribution >= 4 is 27.5 Å². The van der Waals surface area contributed by atoms with Gasteiger partial charge in [0, 0.05) is 19.2 Å². The highest BCUT2D eigenvalue weighted by atomic mass is 32.1. The molecule has 0 radical (unpaired) electrons. The lowest BCUT2D eigenvalue weighted by Crippen LogP contribution is -2.26. The van der Waals surface area contributed by atoms with Gasteiger partial charge in [-0.2, -0.15) is 0 Å². The summed E-state index contributed by atoms with van der Waals surface area (Å²) >= 11 is 1.55. The number of methoxy groups -OCH3 is 1. The first-order valence-corrected chi connectivity index (χ1v) is 9.71. The lowest BCUT2D eigenvalue weighted by Gasteiger charge is -2.18. The van der Waals surface area contributed by atoms with E-state index in [4.69, 9.17) is 9.15 Å². The second-order valence-corrected chi connectivity index (χ2v) is 7.66. The minimum atomic E-state index is -0.184. The van der Waals surface area contributed by atoms with Gasteiger partial charge in [0.25, 0.3) is 5.91 Å². The first-order valence-electron chi connectivity index (χ1n) is 8.90. The highest BCUT2D eigenvalue weighted by Crippen LogP contribution is 2.31. The fourth-order valence-electron chi connectivity index (χ4n) is 3.09. The van der Waals surface area contributed by atoms with Gasteiger partial charge in [-0.25, -0.2) is 4.98 Å². The molecule has 28 heavy (non-hydrogen) atoms. The van der Waals surface area contributed by atoms with E-state index >= 15 is 0 Å². The van der Waals surface area contributed by atoms with Crippen molar-refractivity contribution in [2.45, 2.75) is 13.5 Å². The molecule has 2 aromatic heterocycles. The molecule has 0 aliphatic rings. The number of carbonyl (C=O) groups excluding carboxylic acids is 1. The Hall–Kier alpha value is -3.12. The normalized spacial score (nSPS) is 11.0. The molecule has 142 valence electrons. The standard InChI is InChI=1S/C22H20N2O3S/c1-14-8-9-17(26-3)15(12-14)13-24(2)22(25)19-11-10-18(27-19)21-23-16-6-4-5-7-20(16)28-21/h4-12H,13H2,1-3H3. The van der Waals surface area contributed by atoms with Crippen molar-refractivity contribution in [3.8, 4) is 16.5 Å². The molecule has 1 amide bonds. The average molecular weight is 392 g/mol. The Balaban J connectivity index is 1.55. The molecule has 0 spiro atoms. The molecule has 2 heterocycles. The van der Waals surface area contributed by atoms with Crippen molar-refractivity contribution in [3.05, 3.63) is 71.5 Å². The number of furan rings is 1. The van der Waals surface area contributed by atoms with Crippen molar-refractivity contribution in [2.24, 2.45) is 0 Å². The molecule has 0 fully saturated rings. The summed E-state index contributed by atoms with van der Waals surface area (Å²) in [6.45, 7) is 2.45. The lowest BCUT2D eigenvalue weighted by atomic mass is 10.1. The Morgan fingerprint density at radius 1 is 1.18 bits per heavy atom. The maximum absolute atomic E-state index is 12.8. The molecule has 0 saturated carbocycles. The van der Waals surface area contributed by atoms with E-state index in [9.17, 15) is 4.79 Å². The van der Waals surface area contributed by atoms with E-state index in [0.29, 0.717) is 18.1 Å². The number of benzene rings is 2. The summed E-state index contributed by atoms with van der Waals surface area (Å²) in [5.41, 5.74) is 3.00. The lowest BCUT2D eigenvalue weighted by molar-refractivity contribution is 0.0753. The fourth-order valence-corrected chi connectivity index (χ4v) is 4.02. The van der Waals surface area contributed by atoms with Gasteiger partial charge in [-0.05, 0) is 37.3 Å². The average Bonchev–Trinajstić information content (AvgIpc) is 3.34. The zero-order valence-corrected chi connectivity index (χ0v) is 16.7. The Labute approximate surface area is 167 Å². The third-order valence-corrected chi connectivity index (χ3v) is 5.56. The number of thiazole rings is 1. The van der Waals surface area contributed by atoms with Gasteiger partial charge in [0.1, 0.15) is 5.75 Å². The van der Waals surface area contributed by atoms with Crippen LogP contribution in [-0.2, 0) is 6.54 Å². The summed E-state index contributed by atoms with van der Waals surface area (Å²) in [4.78, 5) is 19.0. The molecule has 0 aliphatic carbocycles. The van der Waals surface area contributed by atoms with Gasteiger partial charge in [0.15, 0.2) is 16.5 Å². The quantitative estimate of drug-likeness (QED) is 0.472. The number of ether oxygens (including phenoxy) is 1. The summed E-state index contributed by atoms with van der Waals surface area (Å²) in [5.74, 6) is 1.48. The monoisotopic (exact) mass is 392 g/mol. The molecule has 0 saturated heterocycles. The van der Waals surface area contributed by atoms with Gasteiger partial charge >= 0.3 is 0 Å². The molecule has 4 aromatic rings. The van der Waals surface area contributed by atoms with E-state index in [1.54, 1.807) is 42.5 Å². The van der Waals surface area contributed by atoms with E-state index in [0.717, 1.165) is 32.1 Å². The number of carbonyl (C=O) groups is 1. The van der Waals surface area contributed by atoms with Gasteiger partial charge in [0.05, 0.1) is 17.3 Å². The van der Waals surface area contributed by atoms with Crippen LogP contribution in [0.15, 0.2) is 59.0 Å². The molecule has 6 heteroatoms. The van der Waals surface area contributed by atoms with Crippen LogP contribution in [0.4, 0.5) is 0 Å². The van der Waals surface area contributed by atoms with Crippen LogP contribution in [-0.4, -0.2) is 29.9 Å². The van der Waals surface area contributed by atoms with Crippen LogP contribution in [0.3, 0.4) is 0 Å². The van der Waals surface area contributed by atoms with Gasteiger partial charge in [-0.1, -0.05) is 29.8 Å². The zero-order chi connectivity index (χ0) is 19.7. The van der Waals surface area contributed by atoms with Gasteiger partial charge in [-0.15, -0.1) is 11.3 Å². The number of hydrogen-bond acceptors (Lipinski definition) is 5. The molecular weight excluding hydrogens is 372 g/mol. The summed E-state index contributed by atoms with van der Waals surface area (Å²) in [6, 6.07) is 17.4. The number of para-hydroxylation sites is 1. The van der Waals surface area contributed by atoms with Gasteiger partial charge in [0.2, 0.25) is 0 Å². The van der Waals surface area contributed by atoms with E-state index in [1.165, 1.54) is 0 Å². The third kappa shape index (κ3) is 3.51. The third-order valence-electron chi connectivity index (χ3n) is 4.51. The SMILES string of the molecule is COc1ccc(C)cc1CN(C)C(=O)c1ccc(-c2nc3ccccc3s2)o1. The summed E-state index contributed by atoms with van der Waals surface area (Å²) < 4.78 is 12.3. The molecule has 2 aromatic carbocycles. The number of fused-ring (bicyclic) bond motifs is 1. The van der Waals surface area contributed by atoms with Crippen LogP contribution in [0.25, 0.3) is 21.0 Å². The van der Waals surface area contributed by atoms with Crippen molar-refractivity contribution in [1.82, 2.24) is 9.88 Å². The van der Waals surface area contributed by atoms with Crippen LogP contribution >= 0.6 is 11.3 Å². The molecule has 0 aliphatic heterocycles. The highest BCUT2D eigenvalue weighted by Gasteiger charge is 2.19. The first kappa shape index (κ1) is 18.3. The summed E-state index contributed by atoms with van der Waals surface area (Å²) in [5, 5.41) is 0.767. The van der Waals surface area contributed by atoms with Crippen LogP contribution in [0.5, 0.6) is 5.75 Å². The minimum Gasteiger partial charge on any atom is -0.496 e. The zero-order valence-electron chi connectivity index (χ0n) is 15.9. The molecule has 0 N–H and O–H groups in total. The van der Waals surface area contributed by atoms with E-state index in [-0.39, 0.29) is 5.91 Å². The van der Waals surface area contributed by atoms with Crippen molar-refractivity contribution in [1.29, 1.82) is 0 Å². The van der Waals surface area contributed by atoms with Crippen molar-refractivity contribution < 1.29 is 13.9 Å². The number of nitrogens with zero attached hydrogens (tertiary/aromatic N) is 2. The first-order chi connectivity index (χ1) is 13.5. The maximum Gasteiger partial charge on any atom is 0.289 e. The van der Waals surface area contributed by atoms with E-state index in [2.05, 4.69) is 4.98 Å². The van der Waals surface area contributed by atoms with Crippen LogP contribution in [0.2, 0.25) is 0 Å². The Morgan fingerprint density at radius 2 is 2.00 bits per heavy atom. The number of rotatable bonds is 5. The molecule has 5 nitrogen and oxygen atoms in total. The second-order valence-electron chi connectivity index (χ2n) is 6.63. The Kier molecular flexibility index (Phi) is 4.88. The van der Waals surface area contributed by atoms with Gasteiger partial charge in [-0.3, -0.25) is 4.79 Å². The topological polar surface area (TPSA) is 55.6 Å². The van der Waals surface area contributed by atoms with E-state index in [1.807, 2.05) is 49.4 Å². The Bertz CT molecular complexity index is 1110. The van der Waals surface area contributed by atoms with Crippen LogP contribution < -0.4 is 4.74 Å². The fraction of sp³-hybridized carbons (Fsp3) is 0.182. The van der Waals surface area contributed by atoms with E-state index < -0.39 is 0 Å². The number of hydrogen-bond donors (Lipinski definition) is 0. The van der Waals surface area contributed by atoms with Crippen molar-refractivity contribution in [3.63, 3.8) is 0 Å². The highest BCUT2D eigenvalue weighted by molar-refractivity contribution is 7.21. The van der Waals surface area contributed by atoms with Crippen molar-refractivity contribution in [2.75, 3.05) is 14.2 Å². The maximum atomic E-state index is 12.8. The van der Waals surface area contributed by atoms with Crippen LogP contribution in [0.1, 0.15) is 21.7 Å². The van der Waals surface area contributed by atoms with Crippen LogP contribution in [0, 0.1) is 6.92 Å². The number of amides is 1. The minimum absolute atomic E-state index is 0.184. The molecule has 0 atom stereocenters.